The van der Waals surface area contributed by atoms with E-state index in [0.29, 0.717) is 27.8 Å². The molecule has 28 heavy (non-hydrogen) atoms. The Morgan fingerprint density at radius 3 is 2.57 bits per heavy atom. The predicted molar refractivity (Wildman–Crippen MR) is 109 cm³/mol. The number of hydrogen-bond acceptors (Lipinski definition) is 7. The van der Waals surface area contributed by atoms with Crippen molar-refractivity contribution in [2.24, 2.45) is 5.16 Å². The van der Waals surface area contributed by atoms with Gasteiger partial charge in [-0.3, -0.25) is 10.1 Å². The first kappa shape index (κ1) is 19.1. The van der Waals surface area contributed by atoms with E-state index in [-0.39, 0.29) is 11.5 Å². The van der Waals surface area contributed by atoms with E-state index < -0.39 is 4.92 Å². The van der Waals surface area contributed by atoms with Crippen molar-refractivity contribution in [1.82, 2.24) is 4.98 Å². The number of nitrogens with one attached hydrogen (secondary N) is 1. The van der Waals surface area contributed by atoms with Gasteiger partial charge in [0.2, 0.25) is 5.82 Å². The molecule has 0 aliphatic rings. The molecule has 0 amide bonds. The normalized spacial score (nSPS) is 11.3. The molecule has 2 aromatic carbocycles. The molecule has 4 N–H and O–H groups in total. The molecule has 0 unspecified atom stereocenters. The molecule has 0 fully saturated rings. The zero-order chi connectivity index (χ0) is 20.3. The number of halogens is 1. The van der Waals surface area contributed by atoms with Gasteiger partial charge in [-0.15, -0.1) is 0 Å². The van der Waals surface area contributed by atoms with E-state index in [2.05, 4.69) is 15.5 Å². The standard InChI is InChI=1S/C19H16ClN5O3/c1-11-4-2-3-5-13(11)18(24-26)14-7-6-12(10-15(14)20)22-17-9-8-16(25(27)28)19(21)23-17/h2-10,26H,1H3,(H3,21,22,23)/b24-18-. The average molecular weight is 398 g/mol. The van der Waals surface area contributed by atoms with Gasteiger partial charge in [-0.05, 0) is 36.8 Å². The Balaban J connectivity index is 1.89. The molecule has 3 rings (SSSR count). The minimum absolute atomic E-state index is 0.188. The predicted octanol–water partition coefficient (Wildman–Crippen LogP) is 4.50. The summed E-state index contributed by atoms with van der Waals surface area (Å²) in [6, 6.07) is 15.3. The topological polar surface area (TPSA) is 127 Å². The lowest BCUT2D eigenvalue weighted by atomic mass is 9.98. The van der Waals surface area contributed by atoms with E-state index in [1.807, 2.05) is 31.2 Å². The third-order valence-electron chi connectivity index (χ3n) is 4.10. The van der Waals surface area contributed by atoms with Crippen LogP contribution in [0.25, 0.3) is 0 Å². The molecule has 1 heterocycles. The van der Waals surface area contributed by atoms with Crippen molar-refractivity contribution >= 4 is 40.3 Å². The molecule has 0 saturated heterocycles. The fraction of sp³-hybridized carbons (Fsp3) is 0.0526. The number of hydrogen-bond donors (Lipinski definition) is 3. The van der Waals surface area contributed by atoms with Crippen molar-refractivity contribution in [3.63, 3.8) is 0 Å². The molecule has 142 valence electrons. The van der Waals surface area contributed by atoms with Crippen molar-refractivity contribution in [2.45, 2.75) is 6.92 Å². The van der Waals surface area contributed by atoms with Gasteiger partial charge in [0.05, 0.1) is 9.95 Å². The van der Waals surface area contributed by atoms with Gasteiger partial charge >= 0.3 is 5.69 Å². The highest BCUT2D eigenvalue weighted by Gasteiger charge is 2.15. The van der Waals surface area contributed by atoms with Gasteiger partial charge in [-0.2, -0.15) is 0 Å². The summed E-state index contributed by atoms with van der Waals surface area (Å²) in [7, 11) is 0. The number of pyridine rings is 1. The number of nitro groups is 1. The SMILES string of the molecule is Cc1ccccc1/C(=N/O)c1ccc(Nc2ccc([N+](=O)[O-])c(N)n2)cc1Cl. The van der Waals surface area contributed by atoms with Crippen LogP contribution < -0.4 is 11.1 Å². The Kier molecular flexibility index (Phi) is 5.42. The summed E-state index contributed by atoms with van der Waals surface area (Å²) in [5.74, 6) is 0.147. The zero-order valence-corrected chi connectivity index (χ0v) is 15.5. The molecule has 0 saturated carbocycles. The van der Waals surface area contributed by atoms with E-state index in [9.17, 15) is 15.3 Å². The van der Waals surface area contributed by atoms with E-state index in [1.54, 1.807) is 18.2 Å². The molecule has 0 atom stereocenters. The number of benzene rings is 2. The van der Waals surface area contributed by atoms with Crippen LogP contribution in [0.5, 0.6) is 0 Å². The van der Waals surface area contributed by atoms with Crippen LogP contribution in [0.2, 0.25) is 5.02 Å². The van der Waals surface area contributed by atoms with Crippen LogP contribution in [0.3, 0.4) is 0 Å². The number of nitrogens with zero attached hydrogens (tertiary/aromatic N) is 3. The van der Waals surface area contributed by atoms with Crippen LogP contribution in [-0.4, -0.2) is 20.8 Å². The lowest BCUT2D eigenvalue weighted by Gasteiger charge is -2.12. The molecule has 0 aliphatic heterocycles. The molecular formula is C19H16ClN5O3. The van der Waals surface area contributed by atoms with Crippen LogP contribution in [-0.2, 0) is 0 Å². The summed E-state index contributed by atoms with van der Waals surface area (Å²) >= 11 is 6.40. The first-order chi connectivity index (χ1) is 13.4. The van der Waals surface area contributed by atoms with Gasteiger partial charge in [0.15, 0.2) is 0 Å². The van der Waals surface area contributed by atoms with E-state index in [4.69, 9.17) is 17.3 Å². The fourth-order valence-corrected chi connectivity index (χ4v) is 2.99. The first-order valence-electron chi connectivity index (χ1n) is 8.16. The highest BCUT2D eigenvalue weighted by molar-refractivity contribution is 6.35. The number of rotatable bonds is 5. The minimum Gasteiger partial charge on any atom is -0.410 e. The Morgan fingerprint density at radius 2 is 1.96 bits per heavy atom. The molecule has 0 spiro atoms. The number of oxime groups is 1. The number of nitrogens with two attached hydrogens (primary N) is 1. The smallest absolute Gasteiger partial charge is 0.311 e. The summed E-state index contributed by atoms with van der Waals surface area (Å²) in [4.78, 5) is 14.2. The Bertz CT molecular complexity index is 1080. The monoisotopic (exact) mass is 397 g/mol. The molecule has 1 aromatic heterocycles. The van der Waals surface area contributed by atoms with Crippen molar-refractivity contribution in [3.8, 4) is 0 Å². The van der Waals surface area contributed by atoms with Crippen LogP contribution in [0.4, 0.5) is 23.0 Å². The first-order valence-corrected chi connectivity index (χ1v) is 8.54. The van der Waals surface area contributed by atoms with Gasteiger partial charge in [0.25, 0.3) is 0 Å². The fourth-order valence-electron chi connectivity index (χ4n) is 2.72. The van der Waals surface area contributed by atoms with Gasteiger partial charge < -0.3 is 16.3 Å². The maximum atomic E-state index is 10.8. The Labute approximate surface area is 165 Å². The van der Waals surface area contributed by atoms with Crippen LogP contribution in [0.15, 0.2) is 59.8 Å². The third kappa shape index (κ3) is 3.86. The number of nitrogen functional groups attached to an aromatic ring is 1. The highest BCUT2D eigenvalue weighted by atomic mass is 35.5. The second-order valence-electron chi connectivity index (χ2n) is 5.94. The van der Waals surface area contributed by atoms with Gasteiger partial charge in [-0.1, -0.05) is 41.0 Å². The third-order valence-corrected chi connectivity index (χ3v) is 4.41. The summed E-state index contributed by atoms with van der Waals surface area (Å²) in [5, 5.41) is 27.1. The Hall–Kier alpha value is -3.65. The maximum Gasteiger partial charge on any atom is 0.311 e. The highest BCUT2D eigenvalue weighted by Crippen LogP contribution is 2.28. The number of anilines is 3. The van der Waals surface area contributed by atoms with E-state index in [1.165, 1.54) is 12.1 Å². The van der Waals surface area contributed by atoms with Gasteiger partial charge in [0, 0.05) is 22.9 Å². The molecule has 9 heteroatoms. The van der Waals surface area contributed by atoms with Gasteiger partial charge in [0.1, 0.15) is 11.5 Å². The second kappa shape index (κ2) is 7.93. The summed E-state index contributed by atoms with van der Waals surface area (Å²) in [5.41, 5.74) is 8.55. The van der Waals surface area contributed by atoms with Crippen molar-refractivity contribution in [2.75, 3.05) is 11.1 Å². The van der Waals surface area contributed by atoms with Crippen molar-refractivity contribution in [3.05, 3.63) is 86.4 Å². The number of aromatic nitrogens is 1. The van der Waals surface area contributed by atoms with E-state index in [0.717, 1.165) is 11.1 Å². The molecule has 0 aliphatic carbocycles. The molecule has 3 aromatic rings. The largest absolute Gasteiger partial charge is 0.410 e. The molecule has 8 nitrogen and oxygen atoms in total. The summed E-state index contributed by atoms with van der Waals surface area (Å²) in [6.07, 6.45) is 0. The van der Waals surface area contributed by atoms with Crippen LogP contribution in [0.1, 0.15) is 16.7 Å². The van der Waals surface area contributed by atoms with Crippen LogP contribution in [0, 0.1) is 17.0 Å². The van der Waals surface area contributed by atoms with Gasteiger partial charge in [-0.25, -0.2) is 4.98 Å². The molecule has 0 radical (unpaired) electrons. The summed E-state index contributed by atoms with van der Waals surface area (Å²) < 4.78 is 0. The second-order valence-corrected chi connectivity index (χ2v) is 6.35. The Morgan fingerprint density at radius 1 is 1.21 bits per heavy atom. The van der Waals surface area contributed by atoms with Crippen molar-refractivity contribution < 1.29 is 10.1 Å². The maximum absolute atomic E-state index is 10.8. The van der Waals surface area contributed by atoms with E-state index >= 15 is 0 Å². The molecular weight excluding hydrogens is 382 g/mol. The lowest BCUT2D eigenvalue weighted by molar-refractivity contribution is -0.384. The minimum atomic E-state index is -0.598. The molecule has 0 bridgehead atoms. The zero-order valence-electron chi connectivity index (χ0n) is 14.8. The summed E-state index contributed by atoms with van der Waals surface area (Å²) in [6.45, 7) is 1.91. The average Bonchev–Trinajstić information content (AvgIpc) is 2.65. The quantitative estimate of drug-likeness (QED) is 0.251. The van der Waals surface area contributed by atoms with Crippen molar-refractivity contribution in [1.29, 1.82) is 0 Å². The number of aryl methyl sites for hydroxylation is 1. The van der Waals surface area contributed by atoms with Crippen LogP contribution >= 0.6 is 11.6 Å². The lowest BCUT2D eigenvalue weighted by Crippen LogP contribution is -2.07.